The van der Waals surface area contributed by atoms with Gasteiger partial charge in [-0.05, 0) is 38.1 Å². The summed E-state index contributed by atoms with van der Waals surface area (Å²) < 4.78 is 0. The molecule has 0 fully saturated rings. The second-order valence-electron chi connectivity index (χ2n) is 3.72. The van der Waals surface area contributed by atoms with E-state index in [1.807, 2.05) is 26.4 Å². The normalized spacial score (nSPS) is 15.2. The Balaban J connectivity index is 4.46. The van der Waals surface area contributed by atoms with Gasteiger partial charge in [-0.15, -0.1) is 0 Å². The molecule has 0 heterocycles. The van der Waals surface area contributed by atoms with Gasteiger partial charge in [-0.2, -0.15) is 0 Å². The Morgan fingerprint density at radius 3 is 2.06 bits per heavy atom. The molecule has 0 rings (SSSR count). The van der Waals surface area contributed by atoms with Gasteiger partial charge in [0.2, 0.25) is 0 Å². The zero-order valence-electron chi connectivity index (χ0n) is 10.9. The molecule has 0 saturated heterocycles. The van der Waals surface area contributed by atoms with Crippen LogP contribution in [0.4, 0.5) is 0 Å². The molecule has 88 valence electrons. The summed E-state index contributed by atoms with van der Waals surface area (Å²) in [5.74, 6) is 0. The minimum Gasteiger partial charge on any atom is -0.394 e. The van der Waals surface area contributed by atoms with Crippen LogP contribution in [0.5, 0.6) is 0 Å². The van der Waals surface area contributed by atoms with Gasteiger partial charge in [0, 0.05) is 20.3 Å². The molecule has 16 heavy (non-hydrogen) atoms. The van der Waals surface area contributed by atoms with E-state index in [-0.39, 0.29) is 0 Å². The summed E-state index contributed by atoms with van der Waals surface area (Å²) in [5, 5.41) is 3.00. The molecule has 0 spiro atoms. The van der Waals surface area contributed by atoms with E-state index in [1.165, 1.54) is 11.1 Å². The zero-order chi connectivity index (χ0) is 12.4. The first-order chi connectivity index (χ1) is 7.60. The van der Waals surface area contributed by atoms with Crippen LogP contribution in [0.15, 0.2) is 52.2 Å². The molecule has 0 aromatic rings. The third-order valence-electron chi connectivity index (χ3n) is 1.92. The monoisotopic (exact) mass is 218 g/mol. The highest BCUT2D eigenvalue weighted by molar-refractivity contribution is 5.77. The lowest BCUT2D eigenvalue weighted by Gasteiger charge is -1.93. The predicted molar refractivity (Wildman–Crippen MR) is 73.9 cm³/mol. The van der Waals surface area contributed by atoms with E-state index in [0.29, 0.717) is 0 Å². The van der Waals surface area contributed by atoms with Crippen LogP contribution in [-0.4, -0.2) is 20.3 Å². The van der Waals surface area contributed by atoms with Crippen molar-refractivity contribution in [2.45, 2.75) is 20.8 Å². The maximum absolute atomic E-state index is 3.95. The van der Waals surface area contributed by atoms with Crippen LogP contribution in [0.25, 0.3) is 0 Å². The zero-order valence-corrected chi connectivity index (χ0v) is 10.9. The fourth-order valence-electron chi connectivity index (χ4n) is 1.10. The van der Waals surface area contributed by atoms with Crippen molar-refractivity contribution in [3.63, 3.8) is 0 Å². The molecule has 0 bridgehead atoms. The second-order valence-corrected chi connectivity index (χ2v) is 3.72. The minimum atomic E-state index is 1.15. The molecule has 0 radical (unpaired) electrons. The van der Waals surface area contributed by atoms with Crippen molar-refractivity contribution >= 4 is 6.21 Å². The van der Waals surface area contributed by atoms with E-state index in [2.05, 4.69) is 48.5 Å². The number of nitrogens with one attached hydrogen (secondary N) is 1. The van der Waals surface area contributed by atoms with Gasteiger partial charge in [0.15, 0.2) is 0 Å². The number of hydrogen-bond acceptors (Lipinski definition) is 2. The van der Waals surface area contributed by atoms with Crippen LogP contribution < -0.4 is 5.32 Å². The van der Waals surface area contributed by atoms with Gasteiger partial charge in [0.1, 0.15) is 0 Å². The maximum atomic E-state index is 3.95. The maximum Gasteiger partial charge on any atom is 0.0277 e. The van der Waals surface area contributed by atoms with Crippen LogP contribution in [0, 0.1) is 0 Å². The van der Waals surface area contributed by atoms with Crippen LogP contribution in [0.3, 0.4) is 0 Å². The predicted octanol–water partition coefficient (Wildman–Crippen LogP) is 3.26. The summed E-state index contributed by atoms with van der Waals surface area (Å²) in [7, 11) is 3.68. The highest BCUT2D eigenvalue weighted by atomic mass is 14.8. The Morgan fingerprint density at radius 1 is 0.938 bits per heavy atom. The van der Waals surface area contributed by atoms with E-state index in [9.17, 15) is 0 Å². The Kier molecular flexibility index (Phi) is 7.86. The fourth-order valence-corrected chi connectivity index (χ4v) is 1.10. The number of allylic oxidation sites excluding steroid dienone is 7. The molecule has 0 aromatic heterocycles. The quantitative estimate of drug-likeness (QED) is 0.556. The van der Waals surface area contributed by atoms with Gasteiger partial charge >= 0.3 is 0 Å². The lowest BCUT2D eigenvalue weighted by molar-refractivity contribution is 1.08. The first-order valence-corrected chi connectivity index (χ1v) is 5.39. The molecule has 0 aliphatic heterocycles. The smallest absolute Gasteiger partial charge is 0.0277 e. The number of rotatable bonds is 5. The molecule has 0 aromatic carbocycles. The van der Waals surface area contributed by atoms with Crippen molar-refractivity contribution in [3.05, 3.63) is 47.2 Å². The summed E-state index contributed by atoms with van der Waals surface area (Å²) in [5.41, 5.74) is 3.57. The third-order valence-corrected chi connectivity index (χ3v) is 1.92. The highest BCUT2D eigenvalue weighted by Crippen LogP contribution is 2.01. The van der Waals surface area contributed by atoms with Gasteiger partial charge in [-0.3, -0.25) is 4.99 Å². The van der Waals surface area contributed by atoms with E-state index in [1.54, 1.807) is 7.05 Å². The van der Waals surface area contributed by atoms with E-state index in [0.717, 1.165) is 5.57 Å². The summed E-state index contributed by atoms with van der Waals surface area (Å²) in [6.45, 7) is 6.17. The molecule has 0 aliphatic carbocycles. The van der Waals surface area contributed by atoms with Gasteiger partial charge in [0.05, 0.1) is 0 Å². The fraction of sp³-hybridized carbons (Fsp3) is 0.357. The van der Waals surface area contributed by atoms with Crippen molar-refractivity contribution in [1.82, 2.24) is 5.32 Å². The van der Waals surface area contributed by atoms with E-state index >= 15 is 0 Å². The molecule has 2 nitrogen and oxygen atoms in total. The minimum absolute atomic E-state index is 1.15. The number of hydrogen-bond donors (Lipinski definition) is 1. The van der Waals surface area contributed by atoms with Gasteiger partial charge < -0.3 is 5.32 Å². The van der Waals surface area contributed by atoms with E-state index in [4.69, 9.17) is 0 Å². The summed E-state index contributed by atoms with van der Waals surface area (Å²) in [6.07, 6.45) is 12.1. The summed E-state index contributed by atoms with van der Waals surface area (Å²) in [6, 6.07) is 0. The lowest BCUT2D eigenvalue weighted by atomic mass is 10.2. The van der Waals surface area contributed by atoms with Gasteiger partial charge in [-0.25, -0.2) is 0 Å². The second kappa shape index (κ2) is 8.72. The first-order valence-electron chi connectivity index (χ1n) is 5.39. The molecule has 2 heteroatoms. The topological polar surface area (TPSA) is 24.4 Å². The van der Waals surface area contributed by atoms with Gasteiger partial charge in [0.25, 0.3) is 0 Å². The first kappa shape index (κ1) is 14.4. The van der Waals surface area contributed by atoms with Crippen molar-refractivity contribution in [2.24, 2.45) is 4.99 Å². The largest absolute Gasteiger partial charge is 0.394 e. The highest BCUT2D eigenvalue weighted by Gasteiger charge is 1.83. The van der Waals surface area contributed by atoms with Crippen LogP contribution in [-0.2, 0) is 0 Å². The molecule has 1 N–H and O–H groups in total. The summed E-state index contributed by atoms with van der Waals surface area (Å²) in [4.78, 5) is 3.95. The van der Waals surface area contributed by atoms with E-state index < -0.39 is 0 Å². The van der Waals surface area contributed by atoms with Crippen molar-refractivity contribution in [2.75, 3.05) is 14.1 Å². The van der Waals surface area contributed by atoms with Crippen LogP contribution >= 0.6 is 0 Å². The third kappa shape index (κ3) is 7.80. The lowest BCUT2D eigenvalue weighted by Crippen LogP contribution is -1.92. The summed E-state index contributed by atoms with van der Waals surface area (Å²) >= 11 is 0. The van der Waals surface area contributed by atoms with Crippen molar-refractivity contribution in [1.29, 1.82) is 0 Å². The number of aliphatic imine (C=N–C) groups is 1. The number of nitrogens with zero attached hydrogens (tertiary/aromatic N) is 1. The standard InChI is InChI=1S/C14H22N2/c1-12(6-8-13(2)10-15-4)7-9-14(3)11-16-5/h6-11,15H,1-5H3. The molecule has 0 aliphatic rings. The average molecular weight is 218 g/mol. The molecule has 0 unspecified atom stereocenters. The van der Waals surface area contributed by atoms with Crippen molar-refractivity contribution < 1.29 is 0 Å². The molecular weight excluding hydrogens is 196 g/mol. The molecule has 0 amide bonds. The van der Waals surface area contributed by atoms with Crippen LogP contribution in [0.1, 0.15) is 20.8 Å². The SMILES string of the molecule is CN=CC(C)=CC=C(C)C=CC(C)=CNC. The molecule has 0 atom stereocenters. The average Bonchev–Trinajstić information content (AvgIpc) is 2.24. The van der Waals surface area contributed by atoms with Crippen molar-refractivity contribution in [3.8, 4) is 0 Å². The Labute approximate surface area is 99.2 Å². The molecular formula is C14H22N2. The Bertz CT molecular complexity index is 342. The Morgan fingerprint density at radius 2 is 1.50 bits per heavy atom. The van der Waals surface area contributed by atoms with Crippen LogP contribution in [0.2, 0.25) is 0 Å². The van der Waals surface area contributed by atoms with Gasteiger partial charge in [-0.1, -0.05) is 29.9 Å². The molecule has 0 saturated carbocycles. The Hall–Kier alpha value is -1.57.